The van der Waals surface area contributed by atoms with Gasteiger partial charge in [0.05, 0.1) is 22.3 Å². The molecule has 2 aromatic carbocycles. The van der Waals surface area contributed by atoms with Crippen LogP contribution < -0.4 is 10.6 Å². The van der Waals surface area contributed by atoms with Gasteiger partial charge in [-0.15, -0.1) is 0 Å². The molecule has 0 spiro atoms. The molecule has 9 nitrogen and oxygen atoms in total. The highest BCUT2D eigenvalue weighted by molar-refractivity contribution is 7.89. The molecule has 218 valence electrons. The molecule has 4 rings (SSSR count). The first kappa shape index (κ1) is 30.0. The average molecular weight is 590 g/mol. The molecule has 0 unspecified atom stereocenters. The first-order valence-electron chi connectivity index (χ1n) is 12.9. The molecule has 41 heavy (non-hydrogen) atoms. The van der Waals surface area contributed by atoms with E-state index in [1.807, 2.05) is 24.3 Å². The van der Waals surface area contributed by atoms with E-state index < -0.39 is 39.7 Å². The molecule has 2 N–H and O–H groups in total. The minimum Gasteiger partial charge on any atom is -0.351 e. The van der Waals surface area contributed by atoms with Crippen molar-refractivity contribution in [3.8, 4) is 0 Å². The van der Waals surface area contributed by atoms with Crippen molar-refractivity contribution in [2.24, 2.45) is 0 Å². The Labute approximate surface area is 236 Å². The van der Waals surface area contributed by atoms with Crippen molar-refractivity contribution >= 4 is 27.6 Å². The van der Waals surface area contributed by atoms with E-state index in [-0.39, 0.29) is 31.1 Å². The topological polar surface area (TPSA) is 112 Å². The number of alkyl halides is 3. The van der Waals surface area contributed by atoms with E-state index in [2.05, 4.69) is 29.5 Å². The Hall–Kier alpha value is -3.97. The van der Waals surface area contributed by atoms with Gasteiger partial charge in [-0.2, -0.15) is 17.5 Å². The lowest BCUT2D eigenvalue weighted by Crippen LogP contribution is -2.61. The summed E-state index contributed by atoms with van der Waals surface area (Å²) >= 11 is 0. The fraction of sp³-hybridized carbons (Fsp3) is 0.321. The van der Waals surface area contributed by atoms with Gasteiger partial charge in [0.1, 0.15) is 6.04 Å². The summed E-state index contributed by atoms with van der Waals surface area (Å²) in [6.07, 6.45) is -1.65. The Bertz CT molecular complexity index is 1470. The van der Waals surface area contributed by atoms with Gasteiger partial charge in [-0.3, -0.25) is 9.78 Å². The fourth-order valence-corrected chi connectivity index (χ4v) is 5.94. The highest BCUT2D eigenvalue weighted by Crippen LogP contribution is 2.31. The maximum atomic E-state index is 13.5. The van der Waals surface area contributed by atoms with Crippen LogP contribution in [-0.4, -0.2) is 60.2 Å². The molecule has 3 amide bonds. The molecular formula is C28H30F3N5O4S. The summed E-state index contributed by atoms with van der Waals surface area (Å²) < 4.78 is 67.1. The molecule has 1 atom stereocenters. The van der Waals surface area contributed by atoms with Crippen LogP contribution in [0.2, 0.25) is 0 Å². The number of hydrogen-bond donors (Lipinski definition) is 2. The molecule has 1 aromatic heterocycles. The first-order valence-corrected chi connectivity index (χ1v) is 14.3. The second-order valence-electron chi connectivity index (χ2n) is 9.89. The van der Waals surface area contributed by atoms with Crippen LogP contribution in [0.25, 0.3) is 0 Å². The number of rotatable bonds is 7. The second kappa shape index (κ2) is 12.3. The van der Waals surface area contributed by atoms with E-state index in [9.17, 15) is 31.2 Å². The van der Waals surface area contributed by atoms with Crippen LogP contribution >= 0.6 is 0 Å². The van der Waals surface area contributed by atoms with Gasteiger partial charge in [0, 0.05) is 32.4 Å². The molecule has 2 heterocycles. The number of hydrogen-bond acceptors (Lipinski definition) is 5. The van der Waals surface area contributed by atoms with Gasteiger partial charge >= 0.3 is 12.2 Å². The van der Waals surface area contributed by atoms with E-state index in [0.29, 0.717) is 23.7 Å². The summed E-state index contributed by atoms with van der Waals surface area (Å²) in [4.78, 5) is 31.2. The Kier molecular flexibility index (Phi) is 8.98. The fourth-order valence-electron chi connectivity index (χ4n) is 4.37. The molecule has 1 aliphatic heterocycles. The number of nitrogens with one attached hydrogen (secondary N) is 2. The lowest BCUT2D eigenvalue weighted by atomic mass is 10.0. The SMILES string of the molecule is CC(C)c1ccc(CNC(=O)[C@H]2CN(C(=O)Nc3cccnc3)CCN2S(=O)(=O)c2ccc(C(F)(F)F)cc2)cc1. The van der Waals surface area contributed by atoms with Crippen LogP contribution in [0, 0.1) is 0 Å². The van der Waals surface area contributed by atoms with E-state index in [1.54, 1.807) is 12.1 Å². The maximum absolute atomic E-state index is 13.5. The summed E-state index contributed by atoms with van der Waals surface area (Å²) in [5.74, 6) is -0.319. The molecule has 1 saturated heterocycles. The summed E-state index contributed by atoms with van der Waals surface area (Å²) in [7, 11) is -4.39. The van der Waals surface area contributed by atoms with Crippen LogP contribution in [0.15, 0.2) is 78.0 Å². The smallest absolute Gasteiger partial charge is 0.351 e. The van der Waals surface area contributed by atoms with Gasteiger partial charge in [-0.25, -0.2) is 13.2 Å². The third-order valence-electron chi connectivity index (χ3n) is 6.74. The van der Waals surface area contributed by atoms with Crippen molar-refractivity contribution < 1.29 is 31.2 Å². The minimum absolute atomic E-state index is 0.0492. The number of carbonyl (C=O) groups is 2. The first-order chi connectivity index (χ1) is 19.4. The molecule has 1 fully saturated rings. The van der Waals surface area contributed by atoms with E-state index >= 15 is 0 Å². The number of amides is 3. The zero-order chi connectivity index (χ0) is 29.8. The quantitative estimate of drug-likeness (QED) is 0.423. The standard InChI is InChI=1S/C28H30F3N5O4S/c1-19(2)21-7-5-20(6-8-21)16-33-26(37)25-18-35(27(38)34-23-4-3-13-32-17-23)14-15-36(25)41(39,40)24-11-9-22(10-12-24)28(29,30)31/h3-13,17,19,25H,14-16,18H2,1-2H3,(H,33,37)(H,34,38)/t25-/m1/s1. The van der Waals surface area contributed by atoms with Crippen molar-refractivity contribution in [2.75, 3.05) is 25.0 Å². The van der Waals surface area contributed by atoms with Crippen molar-refractivity contribution in [2.45, 2.75) is 43.4 Å². The minimum atomic E-state index is -4.63. The van der Waals surface area contributed by atoms with Crippen molar-refractivity contribution in [1.29, 1.82) is 0 Å². The number of urea groups is 1. The Morgan fingerprint density at radius 1 is 1.02 bits per heavy atom. The number of aromatic nitrogens is 1. The summed E-state index contributed by atoms with van der Waals surface area (Å²) in [6.45, 7) is 3.66. The second-order valence-corrected chi connectivity index (χ2v) is 11.8. The highest BCUT2D eigenvalue weighted by Gasteiger charge is 2.41. The largest absolute Gasteiger partial charge is 0.416 e. The van der Waals surface area contributed by atoms with Gasteiger partial charge in [0.2, 0.25) is 15.9 Å². The predicted octanol–water partition coefficient (Wildman–Crippen LogP) is 4.45. The number of anilines is 1. The lowest BCUT2D eigenvalue weighted by Gasteiger charge is -2.39. The molecule has 0 radical (unpaired) electrons. The summed E-state index contributed by atoms with van der Waals surface area (Å²) in [6, 6.07) is 12.1. The van der Waals surface area contributed by atoms with Crippen LogP contribution in [0.4, 0.5) is 23.7 Å². The van der Waals surface area contributed by atoms with Crippen molar-refractivity contribution in [3.63, 3.8) is 0 Å². The molecule has 0 bridgehead atoms. The van der Waals surface area contributed by atoms with Gasteiger partial charge in [-0.05, 0) is 53.4 Å². The normalized spacial score (nSPS) is 16.4. The Morgan fingerprint density at radius 3 is 2.29 bits per heavy atom. The van der Waals surface area contributed by atoms with Crippen molar-refractivity contribution in [1.82, 2.24) is 19.5 Å². The number of carbonyl (C=O) groups excluding carboxylic acids is 2. The zero-order valence-corrected chi connectivity index (χ0v) is 23.2. The zero-order valence-electron chi connectivity index (χ0n) is 22.4. The Morgan fingerprint density at radius 2 is 1.71 bits per heavy atom. The number of sulfonamides is 1. The van der Waals surface area contributed by atoms with Crippen LogP contribution in [-0.2, 0) is 27.5 Å². The van der Waals surface area contributed by atoms with E-state index in [4.69, 9.17) is 0 Å². The highest BCUT2D eigenvalue weighted by atomic mass is 32.2. The predicted molar refractivity (Wildman–Crippen MR) is 146 cm³/mol. The van der Waals surface area contributed by atoms with Gasteiger partial charge in [0.15, 0.2) is 0 Å². The lowest BCUT2D eigenvalue weighted by molar-refractivity contribution is -0.137. The van der Waals surface area contributed by atoms with Gasteiger partial charge in [0.25, 0.3) is 0 Å². The summed E-state index contributed by atoms with van der Waals surface area (Å²) in [5.41, 5.74) is 1.34. The van der Waals surface area contributed by atoms with Crippen LogP contribution in [0.5, 0.6) is 0 Å². The molecular weight excluding hydrogens is 559 g/mol. The number of halogens is 3. The monoisotopic (exact) mass is 589 g/mol. The number of pyridine rings is 1. The molecule has 13 heteroatoms. The average Bonchev–Trinajstić information content (AvgIpc) is 2.96. The molecule has 0 aliphatic carbocycles. The van der Waals surface area contributed by atoms with Gasteiger partial charge < -0.3 is 15.5 Å². The molecule has 3 aromatic rings. The van der Waals surface area contributed by atoms with Crippen molar-refractivity contribution in [3.05, 3.63) is 89.7 Å². The van der Waals surface area contributed by atoms with Crippen LogP contribution in [0.1, 0.15) is 36.5 Å². The molecule has 0 saturated carbocycles. The number of piperazine rings is 1. The third-order valence-corrected chi connectivity index (χ3v) is 8.66. The molecule has 1 aliphatic rings. The van der Waals surface area contributed by atoms with Gasteiger partial charge in [-0.1, -0.05) is 38.1 Å². The number of benzene rings is 2. The number of nitrogens with zero attached hydrogens (tertiary/aromatic N) is 3. The van der Waals surface area contributed by atoms with E-state index in [1.165, 1.54) is 17.3 Å². The summed E-state index contributed by atoms with van der Waals surface area (Å²) in [5, 5.41) is 5.41. The Balaban J connectivity index is 1.56. The third kappa shape index (κ3) is 7.22. The van der Waals surface area contributed by atoms with Crippen LogP contribution in [0.3, 0.4) is 0 Å². The maximum Gasteiger partial charge on any atom is 0.416 e. The van der Waals surface area contributed by atoms with E-state index in [0.717, 1.165) is 27.6 Å².